The van der Waals surface area contributed by atoms with Gasteiger partial charge in [0.2, 0.25) is 5.91 Å². The number of rotatable bonds is 7. The molecular weight excluding hydrogens is 266 g/mol. The summed E-state index contributed by atoms with van der Waals surface area (Å²) >= 11 is 0. The van der Waals surface area contributed by atoms with Crippen LogP contribution in [-0.4, -0.2) is 47.8 Å². The van der Waals surface area contributed by atoms with Crippen molar-refractivity contribution in [2.45, 2.75) is 58.3 Å². The number of carboxylic acid groups (broad SMARTS) is 1. The molecule has 0 bridgehead atoms. The molecule has 20 heavy (non-hydrogen) atoms. The molecule has 116 valence electrons. The van der Waals surface area contributed by atoms with Crippen LogP contribution in [0.15, 0.2) is 0 Å². The van der Waals surface area contributed by atoms with Crippen molar-refractivity contribution >= 4 is 17.8 Å². The van der Waals surface area contributed by atoms with Crippen molar-refractivity contribution < 1.29 is 29.0 Å². The van der Waals surface area contributed by atoms with E-state index in [-0.39, 0.29) is 12.8 Å². The zero-order valence-corrected chi connectivity index (χ0v) is 12.6. The summed E-state index contributed by atoms with van der Waals surface area (Å²) < 4.78 is 9.86. The molecule has 0 fully saturated rings. The third-order valence-corrected chi connectivity index (χ3v) is 2.39. The number of hydrogen-bond donors (Lipinski definition) is 2. The molecule has 7 heteroatoms. The van der Waals surface area contributed by atoms with Crippen LogP contribution in [0.3, 0.4) is 0 Å². The van der Waals surface area contributed by atoms with Crippen LogP contribution in [0.25, 0.3) is 0 Å². The molecule has 7 nitrogen and oxygen atoms in total. The van der Waals surface area contributed by atoms with Gasteiger partial charge in [-0.25, -0.2) is 4.79 Å². The number of esters is 1. The molecule has 0 spiro atoms. The molecule has 1 amide bonds. The van der Waals surface area contributed by atoms with E-state index in [4.69, 9.17) is 14.6 Å². The maximum Gasteiger partial charge on any atom is 0.326 e. The van der Waals surface area contributed by atoms with Gasteiger partial charge in [0.15, 0.2) is 0 Å². The molecule has 0 aliphatic rings. The van der Waals surface area contributed by atoms with Crippen LogP contribution in [0.2, 0.25) is 0 Å². The average molecular weight is 289 g/mol. The number of carbonyl (C=O) groups excluding carboxylic acids is 2. The molecule has 1 unspecified atom stereocenters. The fraction of sp³-hybridized carbons (Fsp3) is 0.769. The predicted octanol–water partition coefficient (Wildman–Crippen LogP) is 0.713. The lowest BCUT2D eigenvalue weighted by Gasteiger charge is -2.21. The number of carboxylic acids is 1. The minimum Gasteiger partial charge on any atom is -0.480 e. The smallest absolute Gasteiger partial charge is 0.326 e. The molecule has 0 aromatic rings. The van der Waals surface area contributed by atoms with E-state index in [2.05, 4.69) is 5.32 Å². The highest BCUT2D eigenvalue weighted by Gasteiger charge is 2.25. The van der Waals surface area contributed by atoms with Crippen LogP contribution in [-0.2, 0) is 23.9 Å². The van der Waals surface area contributed by atoms with Gasteiger partial charge in [-0.1, -0.05) is 0 Å². The summed E-state index contributed by atoms with van der Waals surface area (Å²) in [6.07, 6.45) is -0.874. The van der Waals surface area contributed by atoms with Crippen LogP contribution in [0.4, 0.5) is 0 Å². The van der Waals surface area contributed by atoms with Crippen molar-refractivity contribution in [1.29, 1.82) is 0 Å². The quantitative estimate of drug-likeness (QED) is 0.669. The largest absolute Gasteiger partial charge is 0.480 e. The van der Waals surface area contributed by atoms with E-state index in [0.29, 0.717) is 0 Å². The van der Waals surface area contributed by atoms with E-state index in [1.165, 1.54) is 14.0 Å². The van der Waals surface area contributed by atoms with E-state index in [9.17, 15) is 14.4 Å². The summed E-state index contributed by atoms with van der Waals surface area (Å²) in [5, 5.41) is 11.3. The van der Waals surface area contributed by atoms with Crippen LogP contribution < -0.4 is 5.32 Å². The summed E-state index contributed by atoms with van der Waals surface area (Å²) in [4.78, 5) is 34.1. The summed E-state index contributed by atoms with van der Waals surface area (Å²) in [5.41, 5.74) is -0.621. The van der Waals surface area contributed by atoms with Gasteiger partial charge in [0.1, 0.15) is 17.7 Å². The van der Waals surface area contributed by atoms with Crippen molar-refractivity contribution in [2.75, 3.05) is 7.11 Å². The molecule has 0 aliphatic heterocycles. The molecule has 0 saturated heterocycles. The average Bonchev–Trinajstić information content (AvgIpc) is 2.30. The van der Waals surface area contributed by atoms with E-state index in [0.717, 1.165) is 0 Å². The molecular formula is C13H23NO6. The second-order valence-electron chi connectivity index (χ2n) is 5.40. The fourth-order valence-corrected chi connectivity index (χ4v) is 1.31. The standard InChI is InChI=1S/C13H23NO6/c1-8(19-5)11(16)14-9(12(17)18)6-7-10(15)20-13(2,3)4/h8-9H,6-7H2,1-5H3,(H,14,16)(H,17,18)/t8?,9-/m1/s1. The third-order valence-electron chi connectivity index (χ3n) is 2.39. The maximum atomic E-state index is 11.5. The van der Waals surface area contributed by atoms with Crippen molar-refractivity contribution in [2.24, 2.45) is 0 Å². The van der Waals surface area contributed by atoms with Gasteiger partial charge in [-0.3, -0.25) is 9.59 Å². The Bertz CT molecular complexity index is 360. The van der Waals surface area contributed by atoms with E-state index in [1.807, 2.05) is 0 Å². The lowest BCUT2D eigenvalue weighted by molar-refractivity contribution is -0.155. The Hall–Kier alpha value is -1.63. The molecule has 0 rings (SSSR count). The van der Waals surface area contributed by atoms with E-state index >= 15 is 0 Å². The van der Waals surface area contributed by atoms with Crippen molar-refractivity contribution in [3.8, 4) is 0 Å². The monoisotopic (exact) mass is 289 g/mol. The molecule has 0 saturated carbocycles. The van der Waals surface area contributed by atoms with Crippen LogP contribution >= 0.6 is 0 Å². The van der Waals surface area contributed by atoms with Gasteiger partial charge in [0.05, 0.1) is 0 Å². The molecule has 0 radical (unpaired) electrons. The van der Waals surface area contributed by atoms with Crippen LogP contribution in [0.5, 0.6) is 0 Å². The van der Waals surface area contributed by atoms with Crippen molar-refractivity contribution in [1.82, 2.24) is 5.32 Å². The van der Waals surface area contributed by atoms with Crippen molar-refractivity contribution in [3.63, 3.8) is 0 Å². The van der Waals surface area contributed by atoms with Crippen LogP contribution in [0, 0.1) is 0 Å². The minimum atomic E-state index is -1.20. The topological polar surface area (TPSA) is 102 Å². The number of methoxy groups -OCH3 is 1. The SMILES string of the molecule is COC(C)C(=O)N[C@H](CCC(=O)OC(C)(C)C)C(=O)O. The first-order valence-corrected chi connectivity index (χ1v) is 6.34. The Balaban J connectivity index is 4.40. The second kappa shape index (κ2) is 7.84. The Morgan fingerprint density at radius 2 is 1.80 bits per heavy atom. The Labute approximate surface area is 118 Å². The summed E-state index contributed by atoms with van der Waals surface area (Å²) in [5.74, 6) is -2.24. The van der Waals surface area contributed by atoms with Gasteiger partial charge < -0.3 is 19.9 Å². The van der Waals surface area contributed by atoms with Crippen LogP contribution in [0.1, 0.15) is 40.5 Å². The number of amides is 1. The zero-order chi connectivity index (χ0) is 15.9. The summed E-state index contributed by atoms with van der Waals surface area (Å²) in [6, 6.07) is -1.15. The predicted molar refractivity (Wildman–Crippen MR) is 71.1 cm³/mol. The van der Waals surface area contributed by atoms with Gasteiger partial charge in [-0.15, -0.1) is 0 Å². The Morgan fingerprint density at radius 1 is 1.25 bits per heavy atom. The Kier molecular flexibility index (Phi) is 7.20. The second-order valence-corrected chi connectivity index (χ2v) is 5.40. The lowest BCUT2D eigenvalue weighted by Crippen LogP contribution is -2.45. The van der Waals surface area contributed by atoms with E-state index in [1.54, 1.807) is 20.8 Å². The highest BCUT2D eigenvalue weighted by molar-refractivity contribution is 5.86. The van der Waals surface area contributed by atoms with Gasteiger partial charge >= 0.3 is 11.9 Å². The van der Waals surface area contributed by atoms with Crippen molar-refractivity contribution in [3.05, 3.63) is 0 Å². The van der Waals surface area contributed by atoms with Gasteiger partial charge in [-0.2, -0.15) is 0 Å². The molecule has 0 aromatic carbocycles. The number of hydrogen-bond acceptors (Lipinski definition) is 5. The molecule has 2 N–H and O–H groups in total. The molecule has 0 aromatic heterocycles. The lowest BCUT2D eigenvalue weighted by atomic mass is 10.1. The highest BCUT2D eigenvalue weighted by atomic mass is 16.6. The van der Waals surface area contributed by atoms with E-state index < -0.39 is 35.6 Å². The first-order chi connectivity index (χ1) is 9.06. The van der Waals surface area contributed by atoms with Gasteiger partial charge in [-0.05, 0) is 34.1 Å². The zero-order valence-electron chi connectivity index (χ0n) is 12.6. The highest BCUT2D eigenvalue weighted by Crippen LogP contribution is 2.10. The number of nitrogens with one attached hydrogen (secondary N) is 1. The number of ether oxygens (including phenoxy) is 2. The number of aliphatic carboxylic acids is 1. The number of carbonyl (C=O) groups is 3. The molecule has 0 heterocycles. The molecule has 2 atom stereocenters. The van der Waals surface area contributed by atoms with Gasteiger partial charge in [0.25, 0.3) is 0 Å². The first-order valence-electron chi connectivity index (χ1n) is 6.34. The minimum absolute atomic E-state index is 0.0353. The summed E-state index contributed by atoms with van der Waals surface area (Å²) in [7, 11) is 1.35. The molecule has 0 aliphatic carbocycles. The normalized spacial score (nSPS) is 14.2. The third kappa shape index (κ3) is 7.73. The summed E-state index contributed by atoms with van der Waals surface area (Å²) in [6.45, 7) is 6.67. The fourth-order valence-electron chi connectivity index (χ4n) is 1.31. The van der Waals surface area contributed by atoms with Gasteiger partial charge in [0, 0.05) is 13.5 Å². The first kappa shape index (κ1) is 18.4. The Morgan fingerprint density at radius 3 is 2.20 bits per heavy atom. The maximum absolute atomic E-state index is 11.5.